The van der Waals surface area contributed by atoms with Crippen LogP contribution in [0, 0.1) is 11.3 Å². The highest BCUT2D eigenvalue weighted by Gasteiger charge is 2.18. The maximum Gasteiger partial charge on any atom is 0.264 e. The molecule has 84 valence electrons. The molecule has 0 atom stereocenters. The molecule has 0 bridgehead atoms. The van der Waals surface area contributed by atoms with Crippen LogP contribution in [0.25, 0.3) is 0 Å². The summed E-state index contributed by atoms with van der Waals surface area (Å²) in [6.07, 6.45) is 0.988. The monoisotopic (exact) mass is 235 g/mol. The van der Waals surface area contributed by atoms with Crippen molar-refractivity contribution in [3.8, 4) is 6.07 Å². The van der Waals surface area contributed by atoms with E-state index in [-0.39, 0.29) is 5.91 Å². The van der Waals surface area contributed by atoms with Gasteiger partial charge in [-0.05, 0) is 25.1 Å². The molecule has 0 aliphatic carbocycles. The molecule has 1 N–H and O–H groups in total. The zero-order chi connectivity index (χ0) is 11.4. The standard InChI is InChI=1S/C11H13N3OS/c12-8-9-2-3-10(16-9)11(15)14-6-1-4-13-5-7-14/h2-3,13H,1,4-7H2. The molecule has 1 saturated heterocycles. The molecule has 1 amide bonds. The Labute approximate surface area is 98.5 Å². The van der Waals surface area contributed by atoms with Gasteiger partial charge in [-0.2, -0.15) is 5.26 Å². The van der Waals surface area contributed by atoms with E-state index in [1.807, 2.05) is 4.90 Å². The van der Waals surface area contributed by atoms with Gasteiger partial charge in [0, 0.05) is 19.6 Å². The van der Waals surface area contributed by atoms with E-state index in [0.29, 0.717) is 9.75 Å². The molecule has 1 fully saturated rings. The van der Waals surface area contributed by atoms with Crippen LogP contribution in [0.5, 0.6) is 0 Å². The number of hydrogen-bond acceptors (Lipinski definition) is 4. The fraction of sp³-hybridized carbons (Fsp3) is 0.455. The van der Waals surface area contributed by atoms with E-state index < -0.39 is 0 Å². The van der Waals surface area contributed by atoms with E-state index in [1.165, 1.54) is 11.3 Å². The lowest BCUT2D eigenvalue weighted by Gasteiger charge is -2.18. The minimum absolute atomic E-state index is 0.0511. The summed E-state index contributed by atoms with van der Waals surface area (Å²) < 4.78 is 0. The highest BCUT2D eigenvalue weighted by atomic mass is 32.1. The predicted octanol–water partition coefficient (Wildman–Crippen LogP) is 1.06. The van der Waals surface area contributed by atoms with Crippen LogP contribution in [-0.4, -0.2) is 37.0 Å². The van der Waals surface area contributed by atoms with Gasteiger partial charge >= 0.3 is 0 Å². The van der Waals surface area contributed by atoms with Crippen molar-refractivity contribution in [2.75, 3.05) is 26.2 Å². The molecule has 1 aliphatic heterocycles. The topological polar surface area (TPSA) is 56.1 Å². The second-order valence-corrected chi connectivity index (χ2v) is 4.76. The number of hydrogen-bond donors (Lipinski definition) is 1. The number of thiophene rings is 1. The molecule has 0 radical (unpaired) electrons. The van der Waals surface area contributed by atoms with Gasteiger partial charge in [-0.1, -0.05) is 0 Å². The van der Waals surface area contributed by atoms with Crippen LogP contribution in [0.3, 0.4) is 0 Å². The number of carbonyl (C=O) groups excluding carboxylic acids is 1. The maximum absolute atomic E-state index is 12.1. The lowest BCUT2D eigenvalue weighted by atomic mass is 10.3. The van der Waals surface area contributed by atoms with Crippen molar-refractivity contribution in [2.45, 2.75) is 6.42 Å². The molecule has 0 saturated carbocycles. The van der Waals surface area contributed by atoms with Gasteiger partial charge in [0.15, 0.2) is 0 Å². The van der Waals surface area contributed by atoms with E-state index in [4.69, 9.17) is 5.26 Å². The minimum atomic E-state index is 0.0511. The summed E-state index contributed by atoms with van der Waals surface area (Å²) in [5, 5.41) is 12.0. The summed E-state index contributed by atoms with van der Waals surface area (Å²) in [6, 6.07) is 5.50. The fourth-order valence-electron chi connectivity index (χ4n) is 1.72. The average Bonchev–Trinajstić information content (AvgIpc) is 2.62. The molecule has 16 heavy (non-hydrogen) atoms. The van der Waals surface area contributed by atoms with Crippen LogP contribution in [0.15, 0.2) is 12.1 Å². The van der Waals surface area contributed by atoms with Crippen LogP contribution >= 0.6 is 11.3 Å². The third kappa shape index (κ3) is 2.40. The van der Waals surface area contributed by atoms with Gasteiger partial charge in [0.25, 0.3) is 5.91 Å². The van der Waals surface area contributed by atoms with E-state index in [0.717, 1.165) is 32.6 Å². The second kappa shape index (κ2) is 5.10. The Morgan fingerprint density at radius 3 is 3.06 bits per heavy atom. The smallest absolute Gasteiger partial charge is 0.264 e. The SMILES string of the molecule is N#Cc1ccc(C(=O)N2CCCNCC2)s1. The zero-order valence-electron chi connectivity index (χ0n) is 8.90. The molecule has 1 aromatic rings. The highest BCUT2D eigenvalue weighted by Crippen LogP contribution is 2.17. The molecule has 1 aromatic heterocycles. The molecule has 2 heterocycles. The number of nitrogens with one attached hydrogen (secondary N) is 1. The number of amides is 1. The summed E-state index contributed by atoms with van der Waals surface area (Å²) in [7, 11) is 0. The molecule has 2 rings (SSSR count). The number of rotatable bonds is 1. The Hall–Kier alpha value is -1.38. The number of nitrogens with zero attached hydrogens (tertiary/aromatic N) is 2. The van der Waals surface area contributed by atoms with Crippen LogP contribution in [0.1, 0.15) is 21.0 Å². The van der Waals surface area contributed by atoms with Crippen molar-refractivity contribution in [3.05, 3.63) is 21.9 Å². The molecular weight excluding hydrogens is 222 g/mol. The first-order valence-corrected chi connectivity index (χ1v) is 6.13. The van der Waals surface area contributed by atoms with Crippen LogP contribution in [-0.2, 0) is 0 Å². The molecule has 0 aromatic carbocycles. The van der Waals surface area contributed by atoms with Crippen LogP contribution in [0.2, 0.25) is 0 Å². The third-order valence-electron chi connectivity index (χ3n) is 2.55. The summed E-state index contributed by atoms with van der Waals surface area (Å²) in [5.41, 5.74) is 0. The summed E-state index contributed by atoms with van der Waals surface area (Å²) in [4.78, 5) is 15.2. The average molecular weight is 235 g/mol. The van der Waals surface area contributed by atoms with E-state index >= 15 is 0 Å². The summed E-state index contributed by atoms with van der Waals surface area (Å²) in [5.74, 6) is 0.0511. The molecule has 4 nitrogen and oxygen atoms in total. The Kier molecular flexibility index (Phi) is 3.54. The van der Waals surface area contributed by atoms with E-state index in [1.54, 1.807) is 12.1 Å². The molecule has 1 aliphatic rings. The molecule has 0 unspecified atom stereocenters. The lowest BCUT2D eigenvalue weighted by molar-refractivity contribution is 0.0771. The van der Waals surface area contributed by atoms with Crippen LogP contribution < -0.4 is 5.32 Å². The highest BCUT2D eigenvalue weighted by molar-refractivity contribution is 7.14. The van der Waals surface area contributed by atoms with E-state index in [2.05, 4.69) is 11.4 Å². The minimum Gasteiger partial charge on any atom is -0.337 e. The van der Waals surface area contributed by atoms with Gasteiger partial charge in [0.05, 0.1) is 4.88 Å². The number of carbonyl (C=O) groups is 1. The van der Waals surface area contributed by atoms with Crippen molar-refractivity contribution in [1.29, 1.82) is 5.26 Å². The van der Waals surface area contributed by atoms with Gasteiger partial charge in [-0.15, -0.1) is 11.3 Å². The fourth-order valence-corrected chi connectivity index (χ4v) is 2.49. The van der Waals surface area contributed by atoms with Crippen molar-refractivity contribution in [2.24, 2.45) is 0 Å². The first kappa shape index (κ1) is 11.1. The Balaban J connectivity index is 2.08. The Morgan fingerprint density at radius 2 is 2.31 bits per heavy atom. The van der Waals surface area contributed by atoms with Gasteiger partial charge in [-0.25, -0.2) is 0 Å². The summed E-state index contributed by atoms with van der Waals surface area (Å²) >= 11 is 1.27. The number of nitriles is 1. The van der Waals surface area contributed by atoms with Gasteiger partial charge < -0.3 is 10.2 Å². The largest absolute Gasteiger partial charge is 0.337 e. The van der Waals surface area contributed by atoms with Gasteiger partial charge in [0.1, 0.15) is 10.9 Å². The molecule has 5 heteroatoms. The third-order valence-corrected chi connectivity index (χ3v) is 3.53. The second-order valence-electron chi connectivity index (χ2n) is 3.67. The quantitative estimate of drug-likeness (QED) is 0.791. The van der Waals surface area contributed by atoms with Crippen molar-refractivity contribution in [3.63, 3.8) is 0 Å². The summed E-state index contributed by atoms with van der Waals surface area (Å²) in [6.45, 7) is 3.37. The Bertz CT molecular complexity index is 413. The predicted molar refractivity (Wildman–Crippen MR) is 62.4 cm³/mol. The lowest BCUT2D eigenvalue weighted by Crippen LogP contribution is -2.33. The van der Waals surface area contributed by atoms with Crippen LogP contribution in [0.4, 0.5) is 0 Å². The molecular formula is C11H13N3OS. The zero-order valence-corrected chi connectivity index (χ0v) is 9.72. The van der Waals surface area contributed by atoms with Crippen molar-refractivity contribution in [1.82, 2.24) is 10.2 Å². The Morgan fingerprint density at radius 1 is 1.44 bits per heavy atom. The van der Waals surface area contributed by atoms with Crippen molar-refractivity contribution >= 4 is 17.2 Å². The first-order chi connectivity index (χ1) is 7.81. The molecule has 0 spiro atoms. The van der Waals surface area contributed by atoms with E-state index in [9.17, 15) is 4.79 Å². The maximum atomic E-state index is 12.1. The normalized spacial score (nSPS) is 16.6. The first-order valence-electron chi connectivity index (χ1n) is 5.31. The van der Waals surface area contributed by atoms with Crippen molar-refractivity contribution < 1.29 is 4.79 Å². The van der Waals surface area contributed by atoms with Gasteiger partial charge in [-0.3, -0.25) is 4.79 Å². The van der Waals surface area contributed by atoms with Gasteiger partial charge in [0.2, 0.25) is 0 Å².